The molecule has 3 amide bonds. The SMILES string of the molecule is CC(C)[C@@H](C(=O)OCc1ccccc1)N(C(=O)[C@@H](NC(=O)[C@@H]1CCCN1C(=O)[C@@H](N)CCCN=C(N)N)C(Cc1ccccc1)C(=O)O)[N+](=O)[O-]. The second-order valence-electron chi connectivity index (χ2n) is 12.6. The summed E-state index contributed by atoms with van der Waals surface area (Å²) in [6.07, 6.45) is 0.841. The van der Waals surface area contributed by atoms with E-state index in [1.807, 2.05) is 0 Å². The maximum absolute atomic E-state index is 14.3. The topological polar surface area (TPSA) is 267 Å². The van der Waals surface area contributed by atoms with Gasteiger partial charge in [0, 0.05) is 13.1 Å². The van der Waals surface area contributed by atoms with Gasteiger partial charge in [-0.05, 0) is 54.2 Å². The van der Waals surface area contributed by atoms with Crippen LogP contribution in [0.3, 0.4) is 0 Å². The van der Waals surface area contributed by atoms with Crippen LogP contribution < -0.4 is 22.5 Å². The first-order valence-electron chi connectivity index (χ1n) is 16.6. The summed E-state index contributed by atoms with van der Waals surface area (Å²) in [5.74, 6) is -8.22. The van der Waals surface area contributed by atoms with Crippen LogP contribution in [0.25, 0.3) is 0 Å². The van der Waals surface area contributed by atoms with E-state index in [0.29, 0.717) is 24.0 Å². The van der Waals surface area contributed by atoms with Gasteiger partial charge in [0.25, 0.3) is 0 Å². The van der Waals surface area contributed by atoms with Crippen molar-refractivity contribution in [1.29, 1.82) is 0 Å². The molecule has 2 aromatic rings. The quantitative estimate of drug-likeness (QED) is 0.0355. The molecule has 0 saturated carbocycles. The second-order valence-corrected chi connectivity index (χ2v) is 12.6. The van der Waals surface area contributed by atoms with Gasteiger partial charge in [-0.15, -0.1) is 0 Å². The molecule has 3 rings (SSSR count). The van der Waals surface area contributed by atoms with E-state index in [4.69, 9.17) is 21.9 Å². The fourth-order valence-corrected chi connectivity index (χ4v) is 5.89. The summed E-state index contributed by atoms with van der Waals surface area (Å²) in [6.45, 7) is 3.09. The zero-order valence-electron chi connectivity index (χ0n) is 28.6. The number of hydrazine groups is 1. The van der Waals surface area contributed by atoms with E-state index in [9.17, 15) is 39.2 Å². The molecule has 5 atom stereocenters. The predicted molar refractivity (Wildman–Crippen MR) is 185 cm³/mol. The normalized spacial score (nSPS) is 16.3. The minimum atomic E-state index is -2.03. The molecule has 1 aliphatic rings. The molecule has 8 N–H and O–H groups in total. The fraction of sp³-hybridized carbons (Fsp3) is 0.471. The van der Waals surface area contributed by atoms with Crippen molar-refractivity contribution in [3.63, 3.8) is 0 Å². The number of nitrogens with one attached hydrogen (secondary N) is 1. The average Bonchev–Trinajstić information content (AvgIpc) is 3.59. The molecule has 1 fully saturated rings. The number of nitro groups is 1. The number of carbonyl (C=O) groups excluding carboxylic acids is 4. The Hall–Kier alpha value is -5.58. The third-order valence-corrected chi connectivity index (χ3v) is 8.47. The van der Waals surface area contributed by atoms with E-state index >= 15 is 0 Å². The molecular weight excluding hydrogens is 664 g/mol. The van der Waals surface area contributed by atoms with E-state index in [0.717, 1.165) is 0 Å². The molecule has 2 aromatic carbocycles. The number of esters is 1. The summed E-state index contributed by atoms with van der Waals surface area (Å²) in [5, 5.41) is 24.3. The third kappa shape index (κ3) is 11.2. The molecule has 1 saturated heterocycles. The van der Waals surface area contributed by atoms with Crippen molar-refractivity contribution in [3.05, 3.63) is 81.9 Å². The Bertz CT molecular complexity index is 1550. The highest BCUT2D eigenvalue weighted by Crippen LogP contribution is 2.24. The number of carbonyl (C=O) groups is 5. The number of hydrogen-bond donors (Lipinski definition) is 5. The van der Waals surface area contributed by atoms with Crippen LogP contribution >= 0.6 is 0 Å². The van der Waals surface area contributed by atoms with E-state index in [1.165, 1.54) is 18.7 Å². The molecule has 17 nitrogen and oxygen atoms in total. The highest BCUT2D eigenvalue weighted by Gasteiger charge is 2.49. The lowest BCUT2D eigenvalue weighted by Crippen LogP contribution is -2.62. The number of hydrogen-bond acceptors (Lipinski definition) is 10. The predicted octanol–water partition coefficient (Wildman–Crippen LogP) is 0.575. The summed E-state index contributed by atoms with van der Waals surface area (Å²) in [7, 11) is 0. The van der Waals surface area contributed by atoms with Crippen molar-refractivity contribution in [1.82, 2.24) is 15.2 Å². The van der Waals surface area contributed by atoms with Gasteiger partial charge in [-0.2, -0.15) is 0 Å². The Labute approximate surface area is 295 Å². The molecule has 1 aliphatic heterocycles. The van der Waals surface area contributed by atoms with Gasteiger partial charge in [0.2, 0.25) is 11.8 Å². The number of benzene rings is 2. The number of likely N-dealkylation sites (tertiary alicyclic amines) is 1. The Kier molecular flexibility index (Phi) is 14.8. The van der Waals surface area contributed by atoms with E-state index in [2.05, 4.69) is 10.3 Å². The van der Waals surface area contributed by atoms with Crippen molar-refractivity contribution in [2.45, 2.75) is 76.7 Å². The zero-order valence-corrected chi connectivity index (χ0v) is 28.6. The lowest BCUT2D eigenvalue weighted by molar-refractivity contribution is -0.642. The summed E-state index contributed by atoms with van der Waals surface area (Å²) in [6, 6.07) is 10.8. The van der Waals surface area contributed by atoms with Gasteiger partial charge in [0.05, 0.1) is 12.0 Å². The summed E-state index contributed by atoms with van der Waals surface area (Å²) in [5.41, 5.74) is 17.9. The number of guanidine groups is 1. The lowest BCUT2D eigenvalue weighted by atomic mass is 9.90. The molecule has 1 unspecified atom stereocenters. The number of ether oxygens (including phenoxy) is 1. The first kappa shape index (κ1) is 39.9. The Morgan fingerprint density at radius 1 is 1.06 bits per heavy atom. The molecule has 1 heterocycles. The molecule has 276 valence electrons. The maximum atomic E-state index is 14.3. The number of amides is 3. The highest BCUT2D eigenvalue weighted by molar-refractivity contribution is 5.96. The number of carboxylic acids is 1. The van der Waals surface area contributed by atoms with Crippen LogP contribution in [0.2, 0.25) is 0 Å². The lowest BCUT2D eigenvalue weighted by Gasteiger charge is -2.32. The number of nitrogens with zero attached hydrogens (tertiary/aromatic N) is 4. The van der Waals surface area contributed by atoms with Crippen LogP contribution in [0.4, 0.5) is 0 Å². The monoisotopic (exact) mass is 710 g/mol. The van der Waals surface area contributed by atoms with Crippen molar-refractivity contribution < 1.29 is 38.8 Å². The number of aliphatic carboxylic acids is 1. The van der Waals surface area contributed by atoms with E-state index in [1.54, 1.807) is 60.7 Å². The van der Waals surface area contributed by atoms with Crippen LogP contribution in [-0.4, -0.2) is 92.9 Å². The van der Waals surface area contributed by atoms with Gasteiger partial charge in [0.1, 0.15) is 18.7 Å². The number of carboxylic acid groups (broad SMARTS) is 1. The fourth-order valence-electron chi connectivity index (χ4n) is 5.89. The number of aliphatic imine (C=N–C) groups is 1. The average molecular weight is 711 g/mol. The van der Waals surface area contributed by atoms with Gasteiger partial charge in [-0.3, -0.25) is 24.2 Å². The summed E-state index contributed by atoms with van der Waals surface area (Å²) in [4.78, 5) is 85.3. The van der Waals surface area contributed by atoms with Crippen LogP contribution in [0.5, 0.6) is 0 Å². The number of nitrogens with two attached hydrogens (primary N) is 3. The van der Waals surface area contributed by atoms with Crippen LogP contribution in [0, 0.1) is 22.0 Å². The van der Waals surface area contributed by atoms with Crippen molar-refractivity contribution in [2.75, 3.05) is 13.1 Å². The molecule has 0 aliphatic carbocycles. The first-order valence-corrected chi connectivity index (χ1v) is 16.6. The molecule has 0 bridgehead atoms. The Balaban J connectivity index is 1.95. The molecular formula is C34H46N8O9. The maximum Gasteiger partial charge on any atom is 0.336 e. The van der Waals surface area contributed by atoms with Gasteiger partial charge in [0.15, 0.2) is 17.0 Å². The second kappa shape index (κ2) is 19.0. The Morgan fingerprint density at radius 2 is 1.67 bits per heavy atom. The zero-order chi connectivity index (χ0) is 37.7. The largest absolute Gasteiger partial charge is 0.481 e. The summed E-state index contributed by atoms with van der Waals surface area (Å²) >= 11 is 0. The van der Waals surface area contributed by atoms with Crippen LogP contribution in [0.15, 0.2) is 65.7 Å². The molecule has 51 heavy (non-hydrogen) atoms. The van der Waals surface area contributed by atoms with Crippen LogP contribution in [0.1, 0.15) is 50.7 Å². The smallest absolute Gasteiger partial charge is 0.336 e. The van der Waals surface area contributed by atoms with Gasteiger partial charge in [-0.25, -0.2) is 14.9 Å². The van der Waals surface area contributed by atoms with Crippen molar-refractivity contribution >= 4 is 35.6 Å². The molecule has 0 radical (unpaired) electrons. The minimum Gasteiger partial charge on any atom is -0.481 e. The molecule has 0 spiro atoms. The van der Waals surface area contributed by atoms with Gasteiger partial charge < -0.3 is 37.3 Å². The van der Waals surface area contributed by atoms with Gasteiger partial charge in [-0.1, -0.05) is 74.5 Å². The van der Waals surface area contributed by atoms with Crippen LogP contribution in [-0.2, 0) is 41.7 Å². The third-order valence-electron chi connectivity index (χ3n) is 8.47. The van der Waals surface area contributed by atoms with Crippen molar-refractivity contribution in [3.8, 4) is 0 Å². The van der Waals surface area contributed by atoms with E-state index < -0.39 is 70.7 Å². The van der Waals surface area contributed by atoms with Crippen molar-refractivity contribution in [2.24, 2.45) is 34.0 Å². The minimum absolute atomic E-state index is 0.0356. The Morgan fingerprint density at radius 3 is 2.22 bits per heavy atom. The first-order chi connectivity index (χ1) is 24.2. The van der Waals surface area contributed by atoms with E-state index in [-0.39, 0.29) is 49.9 Å². The standard InChI is InChI=1S/C34H46N8O9/c1-21(2)28(33(48)51-20-23-13-7-4-8-14-23)41(42(49)50)31(45)27(24(32(46)47)19-22-11-5-3-6-12-22)39-29(43)26-16-10-18-40(26)30(44)25(35)15-9-17-38-34(36)37/h3-8,11-14,21,24-28H,9-10,15-20,35H2,1-2H3,(H,39,43)(H,46,47)(H4,36,37,38)/t24?,25-,26-,27-,28-/m0/s1. The summed E-state index contributed by atoms with van der Waals surface area (Å²) < 4.78 is 5.37. The highest BCUT2D eigenvalue weighted by atomic mass is 16.7. The number of rotatable bonds is 18. The van der Waals surface area contributed by atoms with Gasteiger partial charge >= 0.3 is 17.8 Å². The molecule has 17 heteroatoms. The molecule has 0 aromatic heterocycles.